The van der Waals surface area contributed by atoms with Crippen LogP contribution in [-0.4, -0.2) is 20.4 Å². The van der Waals surface area contributed by atoms with Gasteiger partial charge in [-0.3, -0.25) is 0 Å². The maximum absolute atomic E-state index is 13.6. The first-order valence-corrected chi connectivity index (χ1v) is 7.55. The van der Waals surface area contributed by atoms with Crippen molar-refractivity contribution in [3.63, 3.8) is 0 Å². The molecule has 96 valence electrons. The van der Waals surface area contributed by atoms with E-state index < -0.39 is 15.9 Å². The van der Waals surface area contributed by atoms with Gasteiger partial charge in [0.25, 0.3) is 0 Å². The highest BCUT2D eigenvalue weighted by Gasteiger charge is 2.12. The van der Waals surface area contributed by atoms with E-state index in [1.165, 1.54) is 12.3 Å². The van der Waals surface area contributed by atoms with Crippen molar-refractivity contribution in [2.75, 3.05) is 12.0 Å². The Morgan fingerprint density at radius 2 is 2.06 bits per heavy atom. The molecule has 0 aliphatic carbocycles. The lowest BCUT2D eigenvalue weighted by atomic mass is 10.0. The van der Waals surface area contributed by atoms with Gasteiger partial charge < -0.3 is 5.73 Å². The molecule has 0 spiro atoms. The molecule has 2 N–H and O–H groups in total. The number of hydrogen-bond donors (Lipinski definition) is 1. The van der Waals surface area contributed by atoms with E-state index in [0.717, 1.165) is 5.56 Å². The predicted molar refractivity (Wildman–Crippen MR) is 67.0 cm³/mol. The molecule has 1 rings (SSSR count). The second-order valence-electron chi connectivity index (χ2n) is 4.40. The summed E-state index contributed by atoms with van der Waals surface area (Å²) < 4.78 is 35.5. The van der Waals surface area contributed by atoms with Crippen molar-refractivity contribution in [1.29, 1.82) is 0 Å². The number of halogens is 1. The van der Waals surface area contributed by atoms with Crippen LogP contribution in [0, 0.1) is 12.7 Å². The summed E-state index contributed by atoms with van der Waals surface area (Å²) in [7, 11) is -2.97. The first-order valence-electron chi connectivity index (χ1n) is 5.49. The van der Waals surface area contributed by atoms with E-state index in [-0.39, 0.29) is 11.6 Å². The van der Waals surface area contributed by atoms with Gasteiger partial charge in [0.05, 0.1) is 0 Å². The number of nitrogens with two attached hydrogens (primary N) is 1. The van der Waals surface area contributed by atoms with E-state index >= 15 is 0 Å². The Bertz CT molecular complexity index is 485. The van der Waals surface area contributed by atoms with Gasteiger partial charge in [-0.1, -0.05) is 12.1 Å². The lowest BCUT2D eigenvalue weighted by Crippen LogP contribution is -2.14. The molecule has 0 aliphatic rings. The van der Waals surface area contributed by atoms with Crippen LogP contribution >= 0.6 is 0 Å². The van der Waals surface area contributed by atoms with Crippen LogP contribution in [0.3, 0.4) is 0 Å². The van der Waals surface area contributed by atoms with Gasteiger partial charge >= 0.3 is 0 Å². The zero-order valence-corrected chi connectivity index (χ0v) is 10.9. The number of hydrogen-bond acceptors (Lipinski definition) is 3. The number of rotatable bonds is 5. The molecule has 1 aromatic carbocycles. The lowest BCUT2D eigenvalue weighted by molar-refractivity contribution is 0.555. The van der Waals surface area contributed by atoms with Crippen molar-refractivity contribution in [3.8, 4) is 0 Å². The molecule has 5 heteroatoms. The summed E-state index contributed by atoms with van der Waals surface area (Å²) in [6, 6.07) is 4.45. The number of aryl methyl sites for hydroxylation is 1. The van der Waals surface area contributed by atoms with E-state index in [9.17, 15) is 12.8 Å². The smallest absolute Gasteiger partial charge is 0.147 e. The van der Waals surface area contributed by atoms with Gasteiger partial charge in [0, 0.05) is 23.6 Å². The van der Waals surface area contributed by atoms with Gasteiger partial charge in [0.2, 0.25) is 0 Å². The average molecular weight is 259 g/mol. The van der Waals surface area contributed by atoms with Gasteiger partial charge in [0.15, 0.2) is 0 Å². The fraction of sp³-hybridized carbons (Fsp3) is 0.500. The fourth-order valence-electron chi connectivity index (χ4n) is 1.65. The van der Waals surface area contributed by atoms with E-state index in [1.54, 1.807) is 12.1 Å². The summed E-state index contributed by atoms with van der Waals surface area (Å²) in [6.45, 7) is 1.81. The van der Waals surface area contributed by atoms with Crippen molar-refractivity contribution in [3.05, 3.63) is 35.1 Å². The number of sulfone groups is 1. The maximum Gasteiger partial charge on any atom is 0.147 e. The summed E-state index contributed by atoms with van der Waals surface area (Å²) in [4.78, 5) is 0. The Hall–Kier alpha value is -0.940. The Kier molecular flexibility index (Phi) is 4.65. The van der Waals surface area contributed by atoms with Gasteiger partial charge in [-0.15, -0.1) is 0 Å². The van der Waals surface area contributed by atoms with Crippen LogP contribution in [0.2, 0.25) is 0 Å². The van der Waals surface area contributed by atoms with E-state index in [1.807, 2.05) is 6.92 Å². The largest absolute Gasteiger partial charge is 0.324 e. The van der Waals surface area contributed by atoms with Crippen LogP contribution in [0.4, 0.5) is 4.39 Å². The molecule has 17 heavy (non-hydrogen) atoms. The molecule has 1 aromatic rings. The topological polar surface area (TPSA) is 60.2 Å². The fourth-order valence-corrected chi connectivity index (χ4v) is 2.34. The first-order chi connectivity index (χ1) is 7.79. The van der Waals surface area contributed by atoms with Gasteiger partial charge in [-0.05, 0) is 31.4 Å². The second kappa shape index (κ2) is 5.60. The molecule has 1 atom stereocenters. The molecule has 0 saturated heterocycles. The third-order valence-corrected chi connectivity index (χ3v) is 3.62. The van der Waals surface area contributed by atoms with Crippen LogP contribution in [0.25, 0.3) is 0 Å². The van der Waals surface area contributed by atoms with Crippen LogP contribution in [0.5, 0.6) is 0 Å². The van der Waals surface area contributed by atoms with Gasteiger partial charge in [-0.25, -0.2) is 12.8 Å². The molecule has 1 unspecified atom stereocenters. The normalized spacial score (nSPS) is 13.6. The molecule has 0 bridgehead atoms. The van der Waals surface area contributed by atoms with Crippen LogP contribution in [0.15, 0.2) is 18.2 Å². The van der Waals surface area contributed by atoms with E-state index in [4.69, 9.17) is 5.73 Å². The molecule has 0 heterocycles. The quantitative estimate of drug-likeness (QED) is 0.879. The summed E-state index contributed by atoms with van der Waals surface area (Å²) in [6.07, 6.45) is 2.10. The van der Waals surface area contributed by atoms with Crippen molar-refractivity contribution in [2.45, 2.75) is 25.8 Å². The molecular weight excluding hydrogens is 241 g/mol. The average Bonchev–Trinajstić information content (AvgIpc) is 2.15. The minimum Gasteiger partial charge on any atom is -0.324 e. The SMILES string of the molecule is Cc1ccc(C(N)CCCS(C)(=O)=O)c(F)c1. The molecule has 0 amide bonds. The Labute approximate surface area is 102 Å². The Balaban J connectivity index is 2.61. The summed E-state index contributed by atoms with van der Waals surface area (Å²) in [5.74, 6) is -0.231. The first kappa shape index (κ1) is 14.1. The molecule has 0 aliphatic heterocycles. The second-order valence-corrected chi connectivity index (χ2v) is 6.66. The molecule has 3 nitrogen and oxygen atoms in total. The standard InChI is InChI=1S/C12H18FNO2S/c1-9-5-6-10(11(13)8-9)12(14)4-3-7-17(2,15)16/h5-6,8,12H,3-4,7,14H2,1-2H3. The lowest BCUT2D eigenvalue weighted by Gasteiger charge is -2.13. The minimum absolute atomic E-state index is 0.0914. The zero-order valence-electron chi connectivity index (χ0n) is 10.1. The Morgan fingerprint density at radius 1 is 1.41 bits per heavy atom. The Morgan fingerprint density at radius 3 is 2.59 bits per heavy atom. The van der Waals surface area contributed by atoms with Crippen LogP contribution in [-0.2, 0) is 9.84 Å². The number of benzene rings is 1. The third kappa shape index (κ3) is 4.83. The monoisotopic (exact) mass is 259 g/mol. The van der Waals surface area contributed by atoms with E-state index in [2.05, 4.69) is 0 Å². The van der Waals surface area contributed by atoms with Crippen molar-refractivity contribution in [1.82, 2.24) is 0 Å². The van der Waals surface area contributed by atoms with Crippen LogP contribution < -0.4 is 5.73 Å². The highest BCUT2D eigenvalue weighted by Crippen LogP contribution is 2.20. The van der Waals surface area contributed by atoms with E-state index in [0.29, 0.717) is 18.4 Å². The highest BCUT2D eigenvalue weighted by atomic mass is 32.2. The molecule has 0 saturated carbocycles. The minimum atomic E-state index is -2.97. The molecular formula is C12H18FNO2S. The zero-order chi connectivity index (χ0) is 13.1. The van der Waals surface area contributed by atoms with Gasteiger partial charge in [-0.2, -0.15) is 0 Å². The summed E-state index contributed by atoms with van der Waals surface area (Å²) in [5.41, 5.74) is 7.13. The van der Waals surface area contributed by atoms with Crippen molar-refractivity contribution < 1.29 is 12.8 Å². The van der Waals surface area contributed by atoms with Gasteiger partial charge in [0.1, 0.15) is 15.7 Å². The molecule has 0 radical (unpaired) electrons. The molecule has 0 aromatic heterocycles. The maximum atomic E-state index is 13.6. The van der Waals surface area contributed by atoms with Crippen molar-refractivity contribution >= 4 is 9.84 Å². The van der Waals surface area contributed by atoms with Crippen LogP contribution in [0.1, 0.15) is 30.0 Å². The summed E-state index contributed by atoms with van der Waals surface area (Å²) in [5, 5.41) is 0. The predicted octanol–water partition coefficient (Wildman–Crippen LogP) is 1.96. The third-order valence-electron chi connectivity index (χ3n) is 2.59. The summed E-state index contributed by atoms with van der Waals surface area (Å²) >= 11 is 0. The van der Waals surface area contributed by atoms with Crippen molar-refractivity contribution in [2.24, 2.45) is 5.73 Å². The highest BCUT2D eigenvalue weighted by molar-refractivity contribution is 7.90. The molecule has 0 fully saturated rings.